The SMILES string of the molecule is CS(C)(C)C.O.O=C(O)c1cccc(C(=O)O)c1.[H-].[K+]. The fourth-order valence-electron chi connectivity index (χ4n) is 0.785. The van der Waals surface area contributed by atoms with E-state index in [1.165, 1.54) is 18.2 Å². The van der Waals surface area contributed by atoms with Gasteiger partial charge in [-0.15, -0.1) is 0 Å². The van der Waals surface area contributed by atoms with Gasteiger partial charge in [-0.2, -0.15) is 0 Å². The van der Waals surface area contributed by atoms with Crippen LogP contribution in [0.15, 0.2) is 24.3 Å². The van der Waals surface area contributed by atoms with E-state index in [1.54, 1.807) is 0 Å². The van der Waals surface area contributed by atoms with Crippen molar-refractivity contribution < 1.29 is 78.1 Å². The molecular weight excluding hydrogens is 295 g/mol. The third-order valence-corrected chi connectivity index (χ3v) is 1.36. The molecule has 0 aromatic heterocycles. The second-order valence-electron chi connectivity index (χ2n) is 4.64. The number of aromatic carboxylic acids is 2. The number of carboxylic acids is 2. The number of carboxylic acid groups (broad SMARTS) is 2. The summed E-state index contributed by atoms with van der Waals surface area (Å²) in [5.74, 6) is -2.25. The maximum absolute atomic E-state index is 10.4. The summed E-state index contributed by atoms with van der Waals surface area (Å²) >= 11 is 0. The molecule has 0 aliphatic heterocycles. The third kappa shape index (κ3) is 14.3. The molecule has 0 fully saturated rings. The average Bonchev–Trinajstić information content (AvgIpc) is 2.15. The van der Waals surface area contributed by atoms with E-state index in [9.17, 15) is 9.59 Å². The first-order valence-electron chi connectivity index (χ1n) is 4.81. The summed E-state index contributed by atoms with van der Waals surface area (Å²) in [6, 6.07) is 5.20. The monoisotopic (exact) mass is 316 g/mol. The van der Waals surface area contributed by atoms with Crippen LogP contribution in [0.3, 0.4) is 0 Å². The molecule has 0 heterocycles. The van der Waals surface area contributed by atoms with Crippen LogP contribution in [0.2, 0.25) is 0 Å². The normalized spacial score (nSPS) is 9.89. The predicted octanol–water partition coefficient (Wildman–Crippen LogP) is -1.31. The van der Waals surface area contributed by atoms with Crippen molar-refractivity contribution in [1.82, 2.24) is 0 Å². The molecule has 4 N–H and O–H groups in total. The van der Waals surface area contributed by atoms with Crippen LogP contribution in [0.5, 0.6) is 0 Å². The Balaban J connectivity index is -0.000000141. The van der Waals surface area contributed by atoms with Gasteiger partial charge < -0.3 is 17.1 Å². The van der Waals surface area contributed by atoms with Crippen LogP contribution >= 0.6 is 10.0 Å². The summed E-state index contributed by atoms with van der Waals surface area (Å²) in [6.45, 7) is 0. The van der Waals surface area contributed by atoms with E-state index < -0.39 is 11.9 Å². The van der Waals surface area contributed by atoms with Crippen molar-refractivity contribution in [3.05, 3.63) is 35.4 Å². The molecule has 0 spiro atoms. The molecule has 0 amide bonds. The molecule has 0 unspecified atom stereocenters. The van der Waals surface area contributed by atoms with E-state index in [4.69, 9.17) is 10.2 Å². The molecule has 1 aromatic carbocycles. The van der Waals surface area contributed by atoms with Crippen LogP contribution in [0.1, 0.15) is 22.1 Å². The minimum atomic E-state index is -1.13. The van der Waals surface area contributed by atoms with Gasteiger partial charge in [0.15, 0.2) is 0 Å². The van der Waals surface area contributed by atoms with E-state index in [0.717, 1.165) is 6.07 Å². The van der Waals surface area contributed by atoms with Gasteiger partial charge in [0.05, 0.1) is 11.1 Å². The first kappa shape index (κ1) is 24.1. The summed E-state index contributed by atoms with van der Waals surface area (Å²) in [5, 5.41) is 17.0. The van der Waals surface area contributed by atoms with Gasteiger partial charge in [0.25, 0.3) is 0 Å². The largest absolute Gasteiger partial charge is 1.00 e. The van der Waals surface area contributed by atoms with Crippen molar-refractivity contribution in [3.63, 3.8) is 0 Å². The molecule has 5 nitrogen and oxygen atoms in total. The summed E-state index contributed by atoms with van der Waals surface area (Å²) in [5.41, 5.74) is -0.0372. The molecule has 0 bridgehead atoms. The zero-order valence-electron chi connectivity index (χ0n) is 12.9. The van der Waals surface area contributed by atoms with Crippen molar-refractivity contribution in [2.75, 3.05) is 25.0 Å². The quantitative estimate of drug-likeness (QED) is 0.660. The summed E-state index contributed by atoms with van der Waals surface area (Å²) in [4.78, 5) is 20.8. The predicted molar refractivity (Wildman–Crippen MR) is 76.4 cm³/mol. The Morgan fingerprint density at radius 2 is 1.26 bits per heavy atom. The third-order valence-electron chi connectivity index (χ3n) is 1.36. The van der Waals surface area contributed by atoms with Crippen molar-refractivity contribution in [2.45, 2.75) is 0 Å². The molecular formula is C12H21KO5S. The molecule has 1 aromatic rings. The van der Waals surface area contributed by atoms with Crippen LogP contribution in [0.25, 0.3) is 0 Å². The Morgan fingerprint density at radius 1 is 1.00 bits per heavy atom. The second kappa shape index (κ2) is 10.8. The molecule has 0 aliphatic carbocycles. The average molecular weight is 316 g/mol. The van der Waals surface area contributed by atoms with E-state index in [1.807, 2.05) is 0 Å². The van der Waals surface area contributed by atoms with Crippen molar-refractivity contribution >= 4 is 22.0 Å². The molecule has 0 aliphatic rings. The van der Waals surface area contributed by atoms with Crippen LogP contribution in [-0.2, 0) is 0 Å². The van der Waals surface area contributed by atoms with E-state index in [2.05, 4.69) is 25.0 Å². The van der Waals surface area contributed by atoms with Gasteiger partial charge in [0.1, 0.15) is 0 Å². The molecule has 0 atom stereocenters. The summed E-state index contributed by atoms with van der Waals surface area (Å²) in [6.07, 6.45) is 9.08. The van der Waals surface area contributed by atoms with Crippen molar-refractivity contribution in [1.29, 1.82) is 0 Å². The number of benzene rings is 1. The molecule has 106 valence electrons. The minimum Gasteiger partial charge on any atom is -1.00 e. The van der Waals surface area contributed by atoms with Crippen molar-refractivity contribution in [2.24, 2.45) is 0 Å². The van der Waals surface area contributed by atoms with Gasteiger partial charge >= 0.3 is 63.3 Å². The van der Waals surface area contributed by atoms with Gasteiger partial charge in [-0.3, -0.25) is 10.0 Å². The number of rotatable bonds is 2. The first-order valence-corrected chi connectivity index (χ1v) is 8.08. The van der Waals surface area contributed by atoms with Crippen LogP contribution < -0.4 is 51.4 Å². The topological polar surface area (TPSA) is 106 Å². The summed E-state index contributed by atoms with van der Waals surface area (Å²) in [7, 11) is -0.167. The van der Waals surface area contributed by atoms with Gasteiger partial charge in [-0.25, -0.2) is 9.59 Å². The zero-order chi connectivity index (χ0) is 13.6. The smallest absolute Gasteiger partial charge is 1.00 e. The second-order valence-corrected chi connectivity index (χ2v) is 9.54. The fourth-order valence-corrected chi connectivity index (χ4v) is 0.785. The Kier molecular flexibility index (Phi) is 13.8. The van der Waals surface area contributed by atoms with Crippen LogP contribution in [-0.4, -0.2) is 52.7 Å². The molecule has 0 saturated heterocycles. The van der Waals surface area contributed by atoms with E-state index in [-0.39, 0.29) is 79.4 Å². The number of hydrogen-bond donors (Lipinski definition) is 2. The Bertz CT molecular complexity index is 385. The van der Waals surface area contributed by atoms with Crippen molar-refractivity contribution in [3.8, 4) is 0 Å². The van der Waals surface area contributed by atoms with E-state index in [0.29, 0.717) is 0 Å². The van der Waals surface area contributed by atoms with E-state index >= 15 is 0 Å². The molecule has 7 heteroatoms. The maximum atomic E-state index is 10.4. The van der Waals surface area contributed by atoms with Crippen LogP contribution in [0.4, 0.5) is 0 Å². The number of hydrogen-bond acceptors (Lipinski definition) is 2. The van der Waals surface area contributed by atoms with Gasteiger partial charge in [0.2, 0.25) is 0 Å². The first-order chi connectivity index (χ1) is 7.61. The standard InChI is InChI=1S/C8H6O4.C4H12S.K.H2O.H/c9-7(10)5-2-1-3-6(4-5)8(11)12;1-5(2,3)4;;;/h1-4H,(H,9,10)(H,11,12);1-4H3;;1H2;/q;;+1;;-1. The van der Waals surface area contributed by atoms with Gasteiger partial charge in [0, 0.05) is 0 Å². The van der Waals surface area contributed by atoms with Gasteiger partial charge in [-0.05, 0) is 43.2 Å². The number of carbonyl (C=O) groups is 2. The van der Waals surface area contributed by atoms with Gasteiger partial charge in [-0.1, -0.05) is 6.07 Å². The Morgan fingerprint density at radius 3 is 1.47 bits per heavy atom. The fraction of sp³-hybridized carbons (Fsp3) is 0.333. The summed E-state index contributed by atoms with van der Waals surface area (Å²) < 4.78 is 0. The van der Waals surface area contributed by atoms with Crippen LogP contribution in [0, 0.1) is 0 Å². The molecule has 0 radical (unpaired) electrons. The molecule has 19 heavy (non-hydrogen) atoms. The maximum Gasteiger partial charge on any atom is 1.00 e. The Hall–Kier alpha value is 0.106. The minimum absolute atomic E-state index is 0. The Labute approximate surface area is 158 Å². The zero-order valence-corrected chi connectivity index (χ0v) is 15.9. The molecule has 0 saturated carbocycles. The molecule has 1 rings (SSSR count).